The molecule has 1 aliphatic rings. The number of hydrogen-bond donors (Lipinski definition) is 2. The Kier molecular flexibility index (Phi) is 9.16. The van der Waals surface area contributed by atoms with Crippen molar-refractivity contribution >= 4 is 40.0 Å². The summed E-state index contributed by atoms with van der Waals surface area (Å²) in [7, 11) is 1.56. The summed E-state index contributed by atoms with van der Waals surface area (Å²) in [5.41, 5.74) is 7.58. The van der Waals surface area contributed by atoms with Crippen molar-refractivity contribution in [2.45, 2.75) is 35.9 Å². The van der Waals surface area contributed by atoms with E-state index in [2.05, 4.69) is 9.88 Å². The quantitative estimate of drug-likeness (QED) is 0.311. The number of rotatable bonds is 11. The molecule has 0 spiro atoms. The average molecular weight is 536 g/mol. The topological polar surface area (TPSA) is 88.7 Å². The van der Waals surface area contributed by atoms with Gasteiger partial charge in [0.25, 0.3) is 0 Å². The molecule has 0 bridgehead atoms. The standard InChI is InChI=1S/C26H31F2N3O3S2/c1-34-18-3-5-22-19(13-18)26(20(27)14-30-22)21(29)4-2-16-8-9-31(15-17(16)12-24(32)33)10-11-35-25-7-6-23(28)36-25/h3,5-7,13-14,16-17,21H,2,4,8-12,15,29H2,1H3,(H,32,33)/t16?,17?,21-/m1/s1. The molecule has 1 fully saturated rings. The van der Waals surface area contributed by atoms with Crippen molar-refractivity contribution in [1.82, 2.24) is 9.88 Å². The van der Waals surface area contributed by atoms with Gasteiger partial charge in [-0.25, -0.2) is 4.39 Å². The smallest absolute Gasteiger partial charge is 0.303 e. The van der Waals surface area contributed by atoms with Crippen LogP contribution in [0.25, 0.3) is 10.9 Å². The minimum absolute atomic E-state index is 0.00626. The molecule has 0 radical (unpaired) electrons. The monoisotopic (exact) mass is 535 g/mol. The highest BCUT2D eigenvalue weighted by atomic mass is 32.2. The van der Waals surface area contributed by atoms with Gasteiger partial charge in [-0.15, -0.1) is 11.8 Å². The lowest BCUT2D eigenvalue weighted by atomic mass is 9.79. The van der Waals surface area contributed by atoms with Gasteiger partial charge in [0, 0.05) is 42.3 Å². The first-order valence-electron chi connectivity index (χ1n) is 12.0. The summed E-state index contributed by atoms with van der Waals surface area (Å²) in [6.07, 6.45) is 3.45. The molecule has 0 saturated carbocycles. The molecule has 194 valence electrons. The van der Waals surface area contributed by atoms with Crippen molar-refractivity contribution in [3.05, 3.63) is 53.0 Å². The maximum absolute atomic E-state index is 14.8. The van der Waals surface area contributed by atoms with Gasteiger partial charge in [0.05, 0.1) is 23.0 Å². The van der Waals surface area contributed by atoms with E-state index in [0.717, 1.165) is 47.2 Å². The van der Waals surface area contributed by atoms with Gasteiger partial charge < -0.3 is 20.5 Å². The van der Waals surface area contributed by atoms with Crippen LogP contribution in [0.5, 0.6) is 5.75 Å². The molecule has 0 amide bonds. The number of thioether (sulfide) groups is 1. The van der Waals surface area contributed by atoms with Crippen LogP contribution < -0.4 is 10.5 Å². The highest BCUT2D eigenvalue weighted by molar-refractivity contribution is 8.01. The fourth-order valence-electron chi connectivity index (χ4n) is 5.06. The van der Waals surface area contributed by atoms with Crippen molar-refractivity contribution in [2.24, 2.45) is 17.6 Å². The molecule has 3 aromatic rings. The van der Waals surface area contributed by atoms with Crippen molar-refractivity contribution in [1.29, 1.82) is 0 Å². The minimum atomic E-state index is -0.808. The summed E-state index contributed by atoms with van der Waals surface area (Å²) in [5, 5.41) is 9.96. The zero-order valence-corrected chi connectivity index (χ0v) is 21.8. The van der Waals surface area contributed by atoms with Crippen molar-refractivity contribution in [3.63, 3.8) is 0 Å². The van der Waals surface area contributed by atoms with E-state index in [-0.39, 0.29) is 23.4 Å². The summed E-state index contributed by atoms with van der Waals surface area (Å²) in [6.45, 7) is 2.40. The molecule has 1 aliphatic heterocycles. The third-order valence-electron chi connectivity index (χ3n) is 6.90. The van der Waals surface area contributed by atoms with E-state index in [1.54, 1.807) is 43.1 Å². The Morgan fingerprint density at radius 2 is 2.17 bits per heavy atom. The van der Waals surface area contributed by atoms with Crippen LogP contribution in [-0.4, -0.2) is 53.5 Å². The fraction of sp³-hybridized carbons (Fsp3) is 0.462. The van der Waals surface area contributed by atoms with Gasteiger partial charge in [0.2, 0.25) is 0 Å². The van der Waals surface area contributed by atoms with E-state index in [9.17, 15) is 18.7 Å². The number of ether oxygens (including phenoxy) is 1. The number of nitrogens with zero attached hydrogens (tertiary/aromatic N) is 2. The lowest BCUT2D eigenvalue weighted by Gasteiger charge is -2.38. The molecule has 3 heterocycles. The molecule has 1 aromatic carbocycles. The van der Waals surface area contributed by atoms with Crippen LogP contribution in [0.3, 0.4) is 0 Å². The van der Waals surface area contributed by atoms with Crippen LogP contribution >= 0.6 is 23.1 Å². The Labute approximate surface area is 217 Å². The maximum atomic E-state index is 14.8. The zero-order valence-electron chi connectivity index (χ0n) is 20.2. The number of piperidine rings is 1. The predicted octanol–water partition coefficient (Wildman–Crippen LogP) is 5.57. The number of fused-ring (bicyclic) bond motifs is 1. The maximum Gasteiger partial charge on any atom is 0.303 e. The zero-order chi connectivity index (χ0) is 25.7. The van der Waals surface area contributed by atoms with Crippen molar-refractivity contribution in [3.8, 4) is 5.75 Å². The van der Waals surface area contributed by atoms with E-state index in [0.29, 0.717) is 35.2 Å². The molecular weight excluding hydrogens is 504 g/mol. The minimum Gasteiger partial charge on any atom is -0.497 e. The Morgan fingerprint density at radius 1 is 1.33 bits per heavy atom. The molecule has 3 atom stereocenters. The van der Waals surface area contributed by atoms with Gasteiger partial charge in [0.1, 0.15) is 11.6 Å². The number of aliphatic carboxylic acids is 1. The number of halogens is 2. The lowest BCUT2D eigenvalue weighted by Crippen LogP contribution is -2.42. The second-order valence-electron chi connectivity index (χ2n) is 9.20. The number of carboxylic acid groups (broad SMARTS) is 1. The summed E-state index contributed by atoms with van der Waals surface area (Å²) in [4.78, 5) is 18.0. The summed E-state index contributed by atoms with van der Waals surface area (Å²) < 4.78 is 34.3. The van der Waals surface area contributed by atoms with Crippen molar-refractivity contribution in [2.75, 3.05) is 32.5 Å². The first-order valence-corrected chi connectivity index (χ1v) is 13.8. The molecule has 2 unspecified atom stereocenters. The van der Waals surface area contributed by atoms with Crippen LogP contribution in [-0.2, 0) is 4.79 Å². The van der Waals surface area contributed by atoms with Gasteiger partial charge in [0.15, 0.2) is 5.13 Å². The fourth-order valence-corrected chi connectivity index (χ4v) is 6.96. The first kappa shape index (κ1) is 26.8. The molecule has 0 aliphatic carbocycles. The van der Waals surface area contributed by atoms with Crippen LogP contribution in [0, 0.1) is 22.8 Å². The number of likely N-dealkylation sites (tertiary alicyclic amines) is 1. The molecule has 1 saturated heterocycles. The number of methoxy groups -OCH3 is 1. The largest absolute Gasteiger partial charge is 0.497 e. The van der Waals surface area contributed by atoms with Gasteiger partial charge in [-0.2, -0.15) is 4.39 Å². The predicted molar refractivity (Wildman–Crippen MR) is 140 cm³/mol. The van der Waals surface area contributed by atoms with Crippen LogP contribution in [0.4, 0.5) is 8.78 Å². The molecule has 2 aromatic heterocycles. The van der Waals surface area contributed by atoms with E-state index < -0.39 is 17.8 Å². The summed E-state index contributed by atoms with van der Waals surface area (Å²) >= 11 is 2.77. The molecule has 4 rings (SSSR count). The Bertz CT molecular complexity index is 1190. The van der Waals surface area contributed by atoms with Gasteiger partial charge in [-0.1, -0.05) is 11.3 Å². The number of pyridine rings is 1. The van der Waals surface area contributed by atoms with Crippen LogP contribution in [0.2, 0.25) is 0 Å². The number of benzene rings is 1. The molecular formula is C26H31F2N3O3S2. The van der Waals surface area contributed by atoms with Gasteiger partial charge in [-0.3, -0.25) is 9.78 Å². The number of hydrogen-bond acceptors (Lipinski definition) is 7. The van der Waals surface area contributed by atoms with E-state index in [1.165, 1.54) is 12.3 Å². The SMILES string of the molecule is COc1ccc2ncc(F)c([C@H](N)CCC3CCN(CCSc4ccc(F)s4)CC3CC(=O)O)c2c1. The number of nitrogens with two attached hydrogens (primary N) is 1. The summed E-state index contributed by atoms with van der Waals surface area (Å²) in [5.74, 6) is 0.397. The Hall–Kier alpha value is -2.27. The number of carbonyl (C=O) groups is 1. The average Bonchev–Trinajstić information content (AvgIpc) is 3.27. The van der Waals surface area contributed by atoms with E-state index >= 15 is 0 Å². The molecule has 36 heavy (non-hydrogen) atoms. The van der Waals surface area contributed by atoms with Crippen LogP contribution in [0.1, 0.15) is 37.3 Å². The second-order valence-corrected chi connectivity index (χ2v) is 11.6. The number of carboxylic acids is 1. The highest BCUT2D eigenvalue weighted by Gasteiger charge is 2.31. The second kappa shape index (κ2) is 12.3. The Morgan fingerprint density at radius 3 is 2.89 bits per heavy atom. The first-order chi connectivity index (χ1) is 17.3. The van der Waals surface area contributed by atoms with E-state index in [1.807, 2.05) is 0 Å². The van der Waals surface area contributed by atoms with Crippen molar-refractivity contribution < 1.29 is 23.4 Å². The number of thiophene rings is 1. The van der Waals surface area contributed by atoms with Gasteiger partial charge in [-0.05, 0) is 68.0 Å². The third kappa shape index (κ3) is 6.73. The Balaban J connectivity index is 1.38. The molecule has 3 N–H and O–H groups in total. The highest BCUT2D eigenvalue weighted by Crippen LogP contribution is 2.35. The van der Waals surface area contributed by atoms with Gasteiger partial charge >= 0.3 is 5.97 Å². The number of aromatic nitrogens is 1. The molecule has 10 heteroatoms. The van der Waals surface area contributed by atoms with E-state index in [4.69, 9.17) is 10.5 Å². The summed E-state index contributed by atoms with van der Waals surface area (Å²) in [6, 6.07) is 8.06. The lowest BCUT2D eigenvalue weighted by molar-refractivity contribution is -0.139. The third-order valence-corrected chi connectivity index (χ3v) is 8.98. The van der Waals surface area contributed by atoms with Crippen LogP contribution in [0.15, 0.2) is 40.7 Å². The normalized spacial score (nSPS) is 19.4. The molecule has 6 nitrogen and oxygen atoms in total.